The van der Waals surface area contributed by atoms with E-state index in [4.69, 9.17) is 4.74 Å². The van der Waals surface area contributed by atoms with E-state index in [-0.39, 0.29) is 41.6 Å². The normalized spacial score (nSPS) is 19.8. The molecule has 2 amide bonds. The van der Waals surface area contributed by atoms with E-state index < -0.39 is 16.1 Å². The van der Waals surface area contributed by atoms with Crippen LogP contribution in [0.15, 0.2) is 35.2 Å². The number of amides is 2. The van der Waals surface area contributed by atoms with Gasteiger partial charge in [-0.1, -0.05) is 32.0 Å². The summed E-state index contributed by atoms with van der Waals surface area (Å²) in [4.78, 5) is 28.1. The molecule has 1 unspecified atom stereocenters. The predicted octanol–water partition coefficient (Wildman–Crippen LogP) is 0.677. The SMILES string of the molecule is CC(C)C(NC(=O)C1CCN(S(=O)(=O)c2ccccc2)CC1)C(=O)NCCN1CCOCC1. The van der Waals surface area contributed by atoms with Crippen LogP contribution in [-0.4, -0.2) is 88.0 Å². The number of nitrogens with zero attached hydrogens (tertiary/aromatic N) is 2. The number of morpholine rings is 1. The van der Waals surface area contributed by atoms with E-state index >= 15 is 0 Å². The van der Waals surface area contributed by atoms with Gasteiger partial charge in [0.05, 0.1) is 18.1 Å². The first-order valence-corrected chi connectivity index (χ1v) is 13.2. The number of ether oxygens (including phenoxy) is 1. The zero-order chi connectivity index (χ0) is 23.8. The van der Waals surface area contributed by atoms with Crippen LogP contribution in [0.3, 0.4) is 0 Å². The summed E-state index contributed by atoms with van der Waals surface area (Å²) in [5, 5.41) is 5.85. The zero-order valence-corrected chi connectivity index (χ0v) is 20.4. The molecule has 9 nitrogen and oxygen atoms in total. The lowest BCUT2D eigenvalue weighted by Gasteiger charge is -2.32. The third-order valence-electron chi connectivity index (χ3n) is 6.28. The smallest absolute Gasteiger partial charge is 0.243 e. The molecule has 2 heterocycles. The summed E-state index contributed by atoms with van der Waals surface area (Å²) < 4.78 is 32.4. The van der Waals surface area contributed by atoms with E-state index in [9.17, 15) is 18.0 Å². The average Bonchev–Trinajstić information content (AvgIpc) is 2.83. The molecule has 2 N–H and O–H groups in total. The van der Waals surface area contributed by atoms with E-state index in [0.717, 1.165) is 19.6 Å². The van der Waals surface area contributed by atoms with Crippen LogP contribution in [0.4, 0.5) is 0 Å². The van der Waals surface area contributed by atoms with Gasteiger partial charge in [-0.2, -0.15) is 4.31 Å². The van der Waals surface area contributed by atoms with E-state index in [0.29, 0.717) is 32.6 Å². The van der Waals surface area contributed by atoms with Gasteiger partial charge in [0.25, 0.3) is 0 Å². The molecule has 0 spiro atoms. The molecule has 184 valence electrons. The summed E-state index contributed by atoms with van der Waals surface area (Å²) in [6.07, 6.45) is 0.864. The number of sulfonamides is 1. The Labute approximate surface area is 196 Å². The van der Waals surface area contributed by atoms with E-state index in [1.807, 2.05) is 13.8 Å². The largest absolute Gasteiger partial charge is 0.379 e. The molecule has 0 aromatic heterocycles. The second-order valence-corrected chi connectivity index (χ2v) is 10.9. The minimum Gasteiger partial charge on any atom is -0.379 e. The number of piperidine rings is 1. The number of rotatable bonds is 9. The van der Waals surface area contributed by atoms with Crippen molar-refractivity contribution in [1.82, 2.24) is 19.8 Å². The maximum Gasteiger partial charge on any atom is 0.243 e. The Morgan fingerprint density at radius 2 is 1.70 bits per heavy atom. The number of nitrogens with one attached hydrogen (secondary N) is 2. The number of carbonyl (C=O) groups excluding carboxylic acids is 2. The molecule has 2 fully saturated rings. The van der Waals surface area contributed by atoms with Crippen molar-refractivity contribution in [3.05, 3.63) is 30.3 Å². The second-order valence-electron chi connectivity index (χ2n) is 8.97. The summed E-state index contributed by atoms with van der Waals surface area (Å²) in [6, 6.07) is 7.72. The van der Waals surface area contributed by atoms with E-state index in [1.54, 1.807) is 30.3 Å². The highest BCUT2D eigenvalue weighted by atomic mass is 32.2. The van der Waals surface area contributed by atoms with Crippen LogP contribution in [0.5, 0.6) is 0 Å². The van der Waals surface area contributed by atoms with Crippen LogP contribution >= 0.6 is 0 Å². The van der Waals surface area contributed by atoms with Gasteiger partial charge in [0.1, 0.15) is 6.04 Å². The molecule has 2 saturated heterocycles. The molecule has 2 aliphatic rings. The summed E-state index contributed by atoms with van der Waals surface area (Å²) in [5.41, 5.74) is 0. The first-order valence-electron chi connectivity index (χ1n) is 11.7. The second kappa shape index (κ2) is 11.9. The molecular formula is C23H36N4O5S. The summed E-state index contributed by atoms with van der Waals surface area (Å²) >= 11 is 0. The van der Waals surface area contributed by atoms with Gasteiger partial charge >= 0.3 is 0 Å². The van der Waals surface area contributed by atoms with Crippen molar-refractivity contribution in [2.75, 3.05) is 52.5 Å². The van der Waals surface area contributed by atoms with Crippen LogP contribution in [0, 0.1) is 11.8 Å². The Bertz CT molecular complexity index is 879. The van der Waals surface area contributed by atoms with Crippen molar-refractivity contribution in [3.8, 4) is 0 Å². The zero-order valence-electron chi connectivity index (χ0n) is 19.5. The van der Waals surface area contributed by atoms with Crippen molar-refractivity contribution in [2.45, 2.75) is 37.6 Å². The first-order chi connectivity index (χ1) is 15.8. The average molecular weight is 481 g/mol. The van der Waals surface area contributed by atoms with Crippen LogP contribution in [0.1, 0.15) is 26.7 Å². The topological polar surface area (TPSA) is 108 Å². The van der Waals surface area contributed by atoms with Gasteiger partial charge < -0.3 is 15.4 Å². The molecule has 1 aromatic carbocycles. The molecule has 2 aliphatic heterocycles. The highest BCUT2D eigenvalue weighted by Gasteiger charge is 2.34. The maximum absolute atomic E-state index is 12.9. The third kappa shape index (κ3) is 6.99. The molecule has 3 rings (SSSR count). The fraction of sp³-hybridized carbons (Fsp3) is 0.652. The lowest BCUT2D eigenvalue weighted by molar-refractivity contribution is -0.132. The lowest BCUT2D eigenvalue weighted by Crippen LogP contribution is -2.53. The Kier molecular flexibility index (Phi) is 9.25. The summed E-state index contributed by atoms with van der Waals surface area (Å²) in [5.74, 6) is -0.741. The van der Waals surface area contributed by atoms with Crippen molar-refractivity contribution in [3.63, 3.8) is 0 Å². The molecule has 0 aliphatic carbocycles. The van der Waals surface area contributed by atoms with Gasteiger partial charge in [0.15, 0.2) is 0 Å². The molecule has 1 atom stereocenters. The summed E-state index contributed by atoms with van der Waals surface area (Å²) in [6.45, 7) is 8.80. The minimum atomic E-state index is -3.56. The molecule has 0 radical (unpaired) electrons. The van der Waals surface area contributed by atoms with Gasteiger partial charge in [0, 0.05) is 45.2 Å². The van der Waals surface area contributed by atoms with Crippen LogP contribution in [0.2, 0.25) is 0 Å². The Morgan fingerprint density at radius 1 is 1.06 bits per heavy atom. The highest BCUT2D eigenvalue weighted by Crippen LogP contribution is 2.24. The molecule has 0 saturated carbocycles. The van der Waals surface area contributed by atoms with Gasteiger partial charge in [-0.15, -0.1) is 0 Å². The predicted molar refractivity (Wildman–Crippen MR) is 125 cm³/mol. The third-order valence-corrected chi connectivity index (χ3v) is 8.20. The Morgan fingerprint density at radius 3 is 2.30 bits per heavy atom. The van der Waals surface area contributed by atoms with Gasteiger partial charge in [0.2, 0.25) is 21.8 Å². The van der Waals surface area contributed by atoms with Crippen molar-refractivity contribution in [2.24, 2.45) is 11.8 Å². The maximum atomic E-state index is 12.9. The monoisotopic (exact) mass is 480 g/mol. The standard InChI is InChI=1S/C23H36N4O5S/c1-18(2)21(23(29)24-10-13-26-14-16-32-17-15-26)25-22(28)19-8-11-27(12-9-19)33(30,31)20-6-4-3-5-7-20/h3-7,18-19,21H,8-17H2,1-2H3,(H,24,29)(H,25,28). The number of benzene rings is 1. The van der Waals surface area contributed by atoms with Crippen LogP contribution in [0.25, 0.3) is 0 Å². The number of hydrogen-bond acceptors (Lipinski definition) is 6. The van der Waals surface area contributed by atoms with E-state index in [2.05, 4.69) is 15.5 Å². The fourth-order valence-corrected chi connectivity index (χ4v) is 5.67. The Hall–Kier alpha value is -2.01. The van der Waals surface area contributed by atoms with Crippen LogP contribution < -0.4 is 10.6 Å². The summed E-state index contributed by atoms with van der Waals surface area (Å²) in [7, 11) is -3.56. The van der Waals surface area contributed by atoms with Crippen molar-refractivity contribution < 1.29 is 22.7 Å². The molecular weight excluding hydrogens is 444 g/mol. The van der Waals surface area contributed by atoms with Crippen molar-refractivity contribution >= 4 is 21.8 Å². The van der Waals surface area contributed by atoms with Gasteiger partial charge in [-0.05, 0) is 30.9 Å². The van der Waals surface area contributed by atoms with Crippen molar-refractivity contribution in [1.29, 1.82) is 0 Å². The van der Waals surface area contributed by atoms with Gasteiger partial charge in [-0.25, -0.2) is 8.42 Å². The Balaban J connectivity index is 1.48. The quantitative estimate of drug-likeness (QED) is 0.538. The molecule has 10 heteroatoms. The minimum absolute atomic E-state index is 0.0594. The number of carbonyl (C=O) groups is 2. The molecule has 0 bridgehead atoms. The van der Waals surface area contributed by atoms with E-state index in [1.165, 1.54) is 4.31 Å². The molecule has 1 aromatic rings. The molecule has 33 heavy (non-hydrogen) atoms. The highest BCUT2D eigenvalue weighted by molar-refractivity contribution is 7.89. The first kappa shape index (κ1) is 25.6. The van der Waals surface area contributed by atoms with Crippen LogP contribution in [-0.2, 0) is 24.3 Å². The number of hydrogen-bond donors (Lipinski definition) is 2. The van der Waals surface area contributed by atoms with Gasteiger partial charge in [-0.3, -0.25) is 14.5 Å². The lowest BCUT2D eigenvalue weighted by atomic mass is 9.95. The fourth-order valence-electron chi connectivity index (χ4n) is 4.18.